The second-order valence-corrected chi connectivity index (χ2v) is 9.43. The van der Waals surface area contributed by atoms with E-state index in [4.69, 9.17) is 0 Å². The smallest absolute Gasteiger partial charge is 0.242 e. The van der Waals surface area contributed by atoms with E-state index in [0.717, 1.165) is 18.4 Å². The van der Waals surface area contributed by atoms with Crippen molar-refractivity contribution in [2.24, 2.45) is 0 Å². The van der Waals surface area contributed by atoms with Crippen molar-refractivity contribution in [1.82, 2.24) is 14.2 Å². The fourth-order valence-corrected chi connectivity index (χ4v) is 4.16. The SMILES string of the molecule is Cc1ccc(NC(=O)CN(Cc2cccnc2)C2CC2)cc1S(=O)(=O)N(C)C. The average molecular weight is 403 g/mol. The molecule has 1 heterocycles. The Morgan fingerprint density at radius 3 is 2.61 bits per heavy atom. The van der Waals surface area contributed by atoms with Gasteiger partial charge in [0.25, 0.3) is 0 Å². The number of amides is 1. The van der Waals surface area contributed by atoms with Gasteiger partial charge >= 0.3 is 0 Å². The maximum absolute atomic E-state index is 12.6. The fourth-order valence-electron chi connectivity index (χ4n) is 3.02. The minimum absolute atomic E-state index is 0.159. The summed E-state index contributed by atoms with van der Waals surface area (Å²) < 4.78 is 26.1. The van der Waals surface area contributed by atoms with Gasteiger partial charge in [-0.25, -0.2) is 12.7 Å². The van der Waals surface area contributed by atoms with E-state index >= 15 is 0 Å². The van der Waals surface area contributed by atoms with Crippen LogP contribution in [-0.2, 0) is 21.4 Å². The van der Waals surface area contributed by atoms with Crippen LogP contribution in [0.1, 0.15) is 24.0 Å². The van der Waals surface area contributed by atoms with E-state index in [2.05, 4.69) is 15.2 Å². The van der Waals surface area contributed by atoms with Crippen LogP contribution in [0.5, 0.6) is 0 Å². The molecule has 1 aromatic heterocycles. The van der Waals surface area contributed by atoms with Crippen molar-refractivity contribution >= 4 is 21.6 Å². The van der Waals surface area contributed by atoms with Crippen LogP contribution in [0.15, 0.2) is 47.6 Å². The molecule has 7 nitrogen and oxygen atoms in total. The Labute approximate surface area is 166 Å². The average Bonchev–Trinajstić information content (AvgIpc) is 3.48. The van der Waals surface area contributed by atoms with Crippen molar-refractivity contribution in [2.45, 2.75) is 37.2 Å². The second-order valence-electron chi connectivity index (χ2n) is 7.31. The van der Waals surface area contributed by atoms with Crippen LogP contribution >= 0.6 is 0 Å². The number of carbonyl (C=O) groups excluding carboxylic acids is 1. The third-order valence-corrected chi connectivity index (χ3v) is 6.71. The molecular weight excluding hydrogens is 376 g/mol. The summed E-state index contributed by atoms with van der Waals surface area (Å²) >= 11 is 0. The van der Waals surface area contributed by atoms with Gasteiger partial charge in [-0.3, -0.25) is 14.7 Å². The van der Waals surface area contributed by atoms with Crippen LogP contribution < -0.4 is 5.32 Å². The largest absolute Gasteiger partial charge is 0.325 e. The number of aromatic nitrogens is 1. The molecule has 0 unspecified atom stereocenters. The molecule has 1 saturated carbocycles. The molecule has 3 rings (SSSR count). The Kier molecular flexibility index (Phi) is 6.12. The van der Waals surface area contributed by atoms with E-state index in [1.54, 1.807) is 25.3 Å². The topological polar surface area (TPSA) is 82.6 Å². The molecule has 0 atom stereocenters. The third-order valence-electron chi connectivity index (χ3n) is 4.75. The molecule has 1 amide bonds. The molecule has 2 aromatic rings. The molecular formula is C20H26N4O3S. The molecule has 0 spiro atoms. The molecule has 28 heavy (non-hydrogen) atoms. The van der Waals surface area contributed by atoms with Gasteiger partial charge in [0, 0.05) is 44.8 Å². The standard InChI is InChI=1S/C20H26N4O3S/c1-15-6-7-17(11-19(15)28(26,27)23(2)3)22-20(25)14-24(18-8-9-18)13-16-5-4-10-21-12-16/h4-7,10-12,18H,8-9,13-14H2,1-3H3,(H,22,25). The Hall–Kier alpha value is -2.29. The predicted molar refractivity (Wildman–Crippen MR) is 108 cm³/mol. The third kappa shape index (κ3) is 4.95. The summed E-state index contributed by atoms with van der Waals surface area (Å²) in [7, 11) is -0.584. The van der Waals surface area contributed by atoms with E-state index in [-0.39, 0.29) is 17.3 Å². The molecule has 150 valence electrons. The zero-order valence-corrected chi connectivity index (χ0v) is 17.2. The highest BCUT2D eigenvalue weighted by atomic mass is 32.2. The molecule has 1 fully saturated rings. The number of pyridine rings is 1. The lowest BCUT2D eigenvalue weighted by molar-refractivity contribution is -0.117. The summed E-state index contributed by atoms with van der Waals surface area (Å²) in [6, 6.07) is 9.25. The van der Waals surface area contributed by atoms with Gasteiger partial charge in [0.15, 0.2) is 0 Å². The van der Waals surface area contributed by atoms with E-state index in [1.807, 2.05) is 18.3 Å². The highest BCUT2D eigenvalue weighted by Gasteiger charge is 2.30. The van der Waals surface area contributed by atoms with Gasteiger partial charge in [-0.2, -0.15) is 0 Å². The number of anilines is 1. The summed E-state index contributed by atoms with van der Waals surface area (Å²) in [5.74, 6) is -0.159. The molecule has 1 aliphatic carbocycles. The van der Waals surface area contributed by atoms with Crippen LogP contribution in [0.4, 0.5) is 5.69 Å². The molecule has 0 bridgehead atoms. The Bertz CT molecular complexity index is 941. The number of hydrogen-bond acceptors (Lipinski definition) is 5. The fraction of sp³-hybridized carbons (Fsp3) is 0.400. The van der Waals surface area contributed by atoms with Crippen molar-refractivity contribution in [3.05, 3.63) is 53.9 Å². The van der Waals surface area contributed by atoms with Crippen LogP contribution in [-0.4, -0.2) is 55.2 Å². The first kappa shape index (κ1) is 20.4. The summed E-state index contributed by atoms with van der Waals surface area (Å²) in [5, 5.41) is 2.84. The number of aryl methyl sites for hydroxylation is 1. The lowest BCUT2D eigenvalue weighted by Gasteiger charge is -2.21. The van der Waals surface area contributed by atoms with Crippen molar-refractivity contribution in [2.75, 3.05) is 26.0 Å². The van der Waals surface area contributed by atoms with Crippen LogP contribution in [0, 0.1) is 6.92 Å². The van der Waals surface area contributed by atoms with Gasteiger partial charge in [0.05, 0.1) is 11.4 Å². The van der Waals surface area contributed by atoms with E-state index in [9.17, 15) is 13.2 Å². The monoisotopic (exact) mass is 402 g/mol. The summed E-state index contributed by atoms with van der Waals surface area (Å²) in [6.45, 7) is 2.66. The van der Waals surface area contributed by atoms with Gasteiger partial charge in [-0.05, 0) is 49.1 Å². The number of rotatable bonds is 8. The van der Waals surface area contributed by atoms with Gasteiger partial charge in [0.1, 0.15) is 0 Å². The van der Waals surface area contributed by atoms with Gasteiger partial charge < -0.3 is 5.32 Å². The molecule has 0 radical (unpaired) electrons. The van der Waals surface area contributed by atoms with Crippen molar-refractivity contribution < 1.29 is 13.2 Å². The quantitative estimate of drug-likeness (QED) is 0.732. The van der Waals surface area contributed by atoms with Crippen LogP contribution in [0.2, 0.25) is 0 Å². The lowest BCUT2D eigenvalue weighted by Crippen LogP contribution is -2.34. The molecule has 1 N–H and O–H groups in total. The van der Waals surface area contributed by atoms with Gasteiger partial charge in [0.2, 0.25) is 15.9 Å². The maximum Gasteiger partial charge on any atom is 0.242 e. The summed E-state index contributed by atoms with van der Waals surface area (Å²) in [6.07, 6.45) is 5.71. The zero-order valence-electron chi connectivity index (χ0n) is 16.4. The van der Waals surface area contributed by atoms with Crippen LogP contribution in [0.3, 0.4) is 0 Å². The highest BCUT2D eigenvalue weighted by molar-refractivity contribution is 7.89. The lowest BCUT2D eigenvalue weighted by atomic mass is 10.2. The van der Waals surface area contributed by atoms with Gasteiger partial charge in [-0.1, -0.05) is 12.1 Å². The normalized spacial score (nSPS) is 14.5. The van der Waals surface area contributed by atoms with Crippen molar-refractivity contribution in [1.29, 1.82) is 0 Å². The number of carbonyl (C=O) groups is 1. The zero-order chi connectivity index (χ0) is 20.3. The number of nitrogens with zero attached hydrogens (tertiary/aromatic N) is 3. The van der Waals surface area contributed by atoms with E-state index < -0.39 is 10.0 Å². The minimum atomic E-state index is -3.57. The molecule has 8 heteroatoms. The molecule has 1 aliphatic rings. The molecule has 0 saturated heterocycles. The van der Waals surface area contributed by atoms with Crippen molar-refractivity contribution in [3.63, 3.8) is 0 Å². The molecule has 0 aliphatic heterocycles. The second kappa shape index (κ2) is 8.38. The number of nitrogens with one attached hydrogen (secondary N) is 1. The van der Waals surface area contributed by atoms with Crippen LogP contribution in [0.25, 0.3) is 0 Å². The van der Waals surface area contributed by atoms with Gasteiger partial charge in [-0.15, -0.1) is 0 Å². The van der Waals surface area contributed by atoms with E-state index in [1.165, 1.54) is 24.5 Å². The Morgan fingerprint density at radius 1 is 1.25 bits per heavy atom. The highest BCUT2D eigenvalue weighted by Crippen LogP contribution is 2.28. The summed E-state index contributed by atoms with van der Waals surface area (Å²) in [5.41, 5.74) is 2.19. The summed E-state index contributed by atoms with van der Waals surface area (Å²) in [4.78, 5) is 19.1. The minimum Gasteiger partial charge on any atom is -0.325 e. The first-order valence-electron chi connectivity index (χ1n) is 9.23. The van der Waals surface area contributed by atoms with Crippen molar-refractivity contribution in [3.8, 4) is 0 Å². The number of sulfonamides is 1. The maximum atomic E-state index is 12.6. The first-order valence-corrected chi connectivity index (χ1v) is 10.7. The van der Waals surface area contributed by atoms with E-state index in [0.29, 0.717) is 23.8 Å². The Morgan fingerprint density at radius 2 is 2.00 bits per heavy atom. The first-order chi connectivity index (χ1) is 13.3. The number of hydrogen-bond donors (Lipinski definition) is 1. The predicted octanol–water partition coefficient (Wildman–Crippen LogP) is 2.24. The molecule has 1 aromatic carbocycles. The number of benzene rings is 1. The Balaban J connectivity index is 1.70.